The number of pyridine rings is 1. The molecule has 1 heterocycles. The highest BCUT2D eigenvalue weighted by molar-refractivity contribution is 5.81. The van der Waals surface area contributed by atoms with Gasteiger partial charge in [-0.25, -0.2) is 0 Å². The summed E-state index contributed by atoms with van der Waals surface area (Å²) < 4.78 is 11.0. The molecule has 0 spiro atoms. The lowest BCUT2D eigenvalue weighted by molar-refractivity contribution is 0.355. The molecular weight excluding hydrogens is 386 g/mol. The largest absolute Gasteiger partial charge is 0.493 e. The molecule has 0 bridgehead atoms. The van der Waals surface area contributed by atoms with Crippen LogP contribution in [-0.2, 0) is 6.54 Å². The van der Waals surface area contributed by atoms with Crippen LogP contribution in [0.15, 0.2) is 91.3 Å². The summed E-state index contributed by atoms with van der Waals surface area (Å²) in [5, 5.41) is 0. The van der Waals surface area contributed by atoms with Crippen molar-refractivity contribution in [2.45, 2.75) is 6.54 Å². The first-order chi connectivity index (χ1) is 15.2. The number of nitrogens with two attached hydrogens (primary N) is 1. The predicted octanol–water partition coefficient (Wildman–Crippen LogP) is 5.69. The summed E-state index contributed by atoms with van der Waals surface area (Å²) in [7, 11) is 3.27. The highest BCUT2D eigenvalue weighted by Crippen LogP contribution is 2.39. The fourth-order valence-electron chi connectivity index (χ4n) is 3.58. The van der Waals surface area contributed by atoms with Crippen LogP contribution in [0.4, 0.5) is 17.1 Å². The number of hydrogen-bond donors (Lipinski definition) is 1. The maximum absolute atomic E-state index is 6.48. The molecule has 0 saturated heterocycles. The fraction of sp³-hybridized carbons (Fsp3) is 0.115. The maximum atomic E-state index is 6.48. The van der Waals surface area contributed by atoms with Gasteiger partial charge in [0, 0.05) is 30.7 Å². The SMILES string of the molecule is COc1ccc(N(Cc2ccccc2)c2cc(-c3ccncc3)ccc2N)cc1OC. The number of benzene rings is 3. The fourth-order valence-corrected chi connectivity index (χ4v) is 3.58. The van der Waals surface area contributed by atoms with Crippen LogP contribution in [0.5, 0.6) is 11.5 Å². The number of ether oxygens (including phenoxy) is 2. The Kier molecular flexibility index (Phi) is 6.03. The Balaban J connectivity index is 1.83. The van der Waals surface area contributed by atoms with Crippen LogP contribution in [0, 0.1) is 0 Å². The molecule has 4 aromatic rings. The molecule has 4 rings (SSSR count). The van der Waals surface area contributed by atoms with Crippen molar-refractivity contribution < 1.29 is 9.47 Å². The van der Waals surface area contributed by atoms with E-state index in [1.807, 2.05) is 60.7 Å². The Bertz CT molecular complexity index is 1150. The molecule has 1 aromatic heterocycles. The molecule has 0 unspecified atom stereocenters. The molecule has 0 aliphatic heterocycles. The maximum Gasteiger partial charge on any atom is 0.162 e. The third-order valence-corrected chi connectivity index (χ3v) is 5.20. The summed E-state index contributed by atoms with van der Waals surface area (Å²) in [6, 6.07) is 26.3. The zero-order valence-electron chi connectivity index (χ0n) is 17.7. The van der Waals surface area contributed by atoms with E-state index in [9.17, 15) is 0 Å². The van der Waals surface area contributed by atoms with E-state index in [0.29, 0.717) is 23.7 Å². The number of aromatic nitrogens is 1. The Morgan fingerprint density at radius 3 is 2.23 bits per heavy atom. The van der Waals surface area contributed by atoms with Crippen molar-refractivity contribution in [3.63, 3.8) is 0 Å². The molecule has 0 amide bonds. The Morgan fingerprint density at radius 2 is 1.52 bits per heavy atom. The average molecular weight is 412 g/mol. The van der Waals surface area contributed by atoms with E-state index in [0.717, 1.165) is 22.5 Å². The van der Waals surface area contributed by atoms with Crippen molar-refractivity contribution >= 4 is 17.1 Å². The monoisotopic (exact) mass is 411 g/mol. The summed E-state index contributed by atoms with van der Waals surface area (Å²) in [5.74, 6) is 1.35. The molecular formula is C26H25N3O2. The van der Waals surface area contributed by atoms with Crippen molar-refractivity contribution in [1.29, 1.82) is 0 Å². The number of hydrogen-bond acceptors (Lipinski definition) is 5. The molecule has 3 aromatic carbocycles. The van der Waals surface area contributed by atoms with E-state index in [4.69, 9.17) is 15.2 Å². The van der Waals surface area contributed by atoms with Gasteiger partial charge in [0.05, 0.1) is 25.6 Å². The van der Waals surface area contributed by atoms with Crippen LogP contribution in [0.1, 0.15) is 5.56 Å². The van der Waals surface area contributed by atoms with Crippen molar-refractivity contribution in [3.8, 4) is 22.6 Å². The number of nitrogen functional groups attached to an aromatic ring is 1. The molecule has 2 N–H and O–H groups in total. The predicted molar refractivity (Wildman–Crippen MR) is 126 cm³/mol. The summed E-state index contributed by atoms with van der Waals surface area (Å²) in [6.45, 7) is 0.653. The van der Waals surface area contributed by atoms with Crippen LogP contribution in [0.2, 0.25) is 0 Å². The van der Waals surface area contributed by atoms with Crippen LogP contribution in [0.3, 0.4) is 0 Å². The van der Waals surface area contributed by atoms with Gasteiger partial charge in [-0.2, -0.15) is 0 Å². The van der Waals surface area contributed by atoms with Gasteiger partial charge in [0.1, 0.15) is 0 Å². The lowest BCUT2D eigenvalue weighted by Crippen LogP contribution is -2.18. The summed E-state index contributed by atoms with van der Waals surface area (Å²) in [5.41, 5.74) is 12.4. The molecule has 0 radical (unpaired) electrons. The number of nitrogens with zero attached hydrogens (tertiary/aromatic N) is 2. The van der Waals surface area contributed by atoms with E-state index >= 15 is 0 Å². The van der Waals surface area contributed by atoms with Crippen LogP contribution in [0.25, 0.3) is 11.1 Å². The van der Waals surface area contributed by atoms with Gasteiger partial charge in [-0.1, -0.05) is 36.4 Å². The van der Waals surface area contributed by atoms with Crippen molar-refractivity contribution in [3.05, 3.63) is 96.8 Å². The first kappa shape index (κ1) is 20.3. The van der Waals surface area contributed by atoms with Crippen LogP contribution in [-0.4, -0.2) is 19.2 Å². The zero-order chi connectivity index (χ0) is 21.6. The van der Waals surface area contributed by atoms with Gasteiger partial charge in [0.2, 0.25) is 0 Å². The van der Waals surface area contributed by atoms with E-state index in [1.165, 1.54) is 5.56 Å². The molecule has 31 heavy (non-hydrogen) atoms. The third kappa shape index (κ3) is 4.46. The molecule has 0 aliphatic carbocycles. The first-order valence-corrected chi connectivity index (χ1v) is 10.0. The van der Waals surface area contributed by atoms with Gasteiger partial charge in [-0.3, -0.25) is 4.98 Å². The molecule has 156 valence electrons. The van der Waals surface area contributed by atoms with E-state index in [2.05, 4.69) is 28.1 Å². The minimum absolute atomic E-state index is 0.653. The van der Waals surface area contributed by atoms with Crippen LogP contribution >= 0.6 is 0 Å². The minimum Gasteiger partial charge on any atom is -0.493 e. The highest BCUT2D eigenvalue weighted by Gasteiger charge is 2.17. The topological polar surface area (TPSA) is 60.6 Å². The molecule has 5 nitrogen and oxygen atoms in total. The lowest BCUT2D eigenvalue weighted by Gasteiger charge is -2.28. The second-order valence-electron chi connectivity index (χ2n) is 7.12. The smallest absolute Gasteiger partial charge is 0.162 e. The summed E-state index contributed by atoms with van der Waals surface area (Å²) in [4.78, 5) is 6.32. The van der Waals surface area contributed by atoms with Gasteiger partial charge in [0.25, 0.3) is 0 Å². The highest BCUT2D eigenvalue weighted by atomic mass is 16.5. The molecule has 0 saturated carbocycles. The quantitative estimate of drug-likeness (QED) is 0.396. The summed E-state index contributed by atoms with van der Waals surface area (Å²) >= 11 is 0. The third-order valence-electron chi connectivity index (χ3n) is 5.20. The van der Waals surface area contributed by atoms with Crippen molar-refractivity contribution in [1.82, 2.24) is 4.98 Å². The standard InChI is InChI=1S/C26H25N3O2/c1-30-25-11-9-22(17-26(25)31-2)29(18-19-6-4-3-5-7-19)24-16-21(8-10-23(24)27)20-12-14-28-15-13-20/h3-17H,18,27H2,1-2H3. The van der Waals surface area contributed by atoms with Gasteiger partial charge in [-0.15, -0.1) is 0 Å². The molecule has 0 fully saturated rings. The Morgan fingerprint density at radius 1 is 0.774 bits per heavy atom. The second kappa shape index (κ2) is 9.22. The van der Waals surface area contributed by atoms with Gasteiger partial charge in [0.15, 0.2) is 11.5 Å². The van der Waals surface area contributed by atoms with E-state index in [1.54, 1.807) is 26.6 Å². The minimum atomic E-state index is 0.653. The number of anilines is 3. The van der Waals surface area contributed by atoms with Crippen LogP contribution < -0.4 is 20.1 Å². The number of rotatable bonds is 7. The molecule has 0 atom stereocenters. The Labute approximate surface area is 182 Å². The average Bonchev–Trinajstić information content (AvgIpc) is 2.84. The summed E-state index contributed by atoms with van der Waals surface area (Å²) in [6.07, 6.45) is 3.59. The lowest BCUT2D eigenvalue weighted by atomic mass is 10.0. The molecule has 5 heteroatoms. The van der Waals surface area contributed by atoms with E-state index < -0.39 is 0 Å². The van der Waals surface area contributed by atoms with Crippen molar-refractivity contribution in [2.75, 3.05) is 24.9 Å². The van der Waals surface area contributed by atoms with Crippen molar-refractivity contribution in [2.24, 2.45) is 0 Å². The second-order valence-corrected chi connectivity index (χ2v) is 7.12. The van der Waals surface area contributed by atoms with E-state index in [-0.39, 0.29) is 0 Å². The van der Waals surface area contributed by atoms with Gasteiger partial charge in [-0.05, 0) is 53.1 Å². The first-order valence-electron chi connectivity index (χ1n) is 10.0. The molecule has 0 aliphatic rings. The van der Waals surface area contributed by atoms with Gasteiger partial charge >= 0.3 is 0 Å². The number of methoxy groups -OCH3 is 2. The normalized spacial score (nSPS) is 10.5. The van der Waals surface area contributed by atoms with Gasteiger partial charge < -0.3 is 20.1 Å². The Hall–Kier alpha value is -3.99. The zero-order valence-corrected chi connectivity index (χ0v) is 17.7.